The molecule has 0 saturated heterocycles. The average Bonchev–Trinajstić information content (AvgIpc) is 3.12. The van der Waals surface area contributed by atoms with Gasteiger partial charge in [0.05, 0.1) is 35.3 Å². The molecule has 8 nitrogen and oxygen atoms in total. The highest BCUT2D eigenvalue weighted by atomic mass is 16.2. The molecular formula is C20H19N7O. The first-order valence-electron chi connectivity index (χ1n) is 8.85. The molecular weight excluding hydrogens is 354 g/mol. The van der Waals surface area contributed by atoms with E-state index in [1.807, 2.05) is 44.2 Å². The molecule has 0 unspecified atom stereocenters. The Bertz CT molecular complexity index is 1120. The number of nitrogens with one attached hydrogen (secondary N) is 2. The van der Waals surface area contributed by atoms with Gasteiger partial charge in [0.15, 0.2) is 0 Å². The lowest BCUT2D eigenvalue weighted by molar-refractivity contribution is 0.249. The lowest BCUT2D eigenvalue weighted by atomic mass is 10.2. The molecule has 0 bridgehead atoms. The lowest BCUT2D eigenvalue weighted by Crippen LogP contribution is -2.31. The van der Waals surface area contributed by atoms with Gasteiger partial charge in [-0.05, 0) is 44.2 Å². The van der Waals surface area contributed by atoms with Crippen LogP contribution in [0.5, 0.6) is 0 Å². The SMILES string of the molecule is Cc1cc(-n2ncc3cc(NC(=O)N[C@@H](C)c4ccccn4)ncc32)ccn1. The minimum atomic E-state index is -0.345. The number of carbonyl (C=O) groups is 1. The monoisotopic (exact) mass is 373 g/mol. The molecule has 28 heavy (non-hydrogen) atoms. The average molecular weight is 373 g/mol. The summed E-state index contributed by atoms with van der Waals surface area (Å²) < 4.78 is 1.80. The van der Waals surface area contributed by atoms with Crippen molar-refractivity contribution in [3.8, 4) is 5.69 Å². The van der Waals surface area contributed by atoms with E-state index in [-0.39, 0.29) is 12.1 Å². The number of hydrogen-bond acceptors (Lipinski definition) is 5. The van der Waals surface area contributed by atoms with Gasteiger partial charge >= 0.3 is 6.03 Å². The number of amides is 2. The van der Waals surface area contributed by atoms with Gasteiger partial charge in [0.2, 0.25) is 0 Å². The first kappa shape index (κ1) is 17.6. The molecule has 0 aliphatic carbocycles. The van der Waals surface area contributed by atoms with Crippen LogP contribution in [0.25, 0.3) is 16.6 Å². The number of carbonyl (C=O) groups excluding carboxylic acids is 1. The van der Waals surface area contributed by atoms with Crippen LogP contribution >= 0.6 is 0 Å². The number of aryl methyl sites for hydroxylation is 1. The Morgan fingerprint density at radius 3 is 2.75 bits per heavy atom. The fourth-order valence-corrected chi connectivity index (χ4v) is 2.92. The number of pyridine rings is 3. The number of rotatable bonds is 4. The van der Waals surface area contributed by atoms with E-state index >= 15 is 0 Å². The van der Waals surface area contributed by atoms with Crippen LogP contribution in [0, 0.1) is 6.92 Å². The van der Waals surface area contributed by atoms with E-state index in [1.54, 1.807) is 35.5 Å². The summed E-state index contributed by atoms with van der Waals surface area (Å²) in [6.07, 6.45) is 6.87. The molecule has 2 N–H and O–H groups in total. The van der Waals surface area contributed by atoms with Crippen molar-refractivity contribution in [2.75, 3.05) is 5.32 Å². The van der Waals surface area contributed by atoms with E-state index in [1.165, 1.54) is 0 Å². The minimum Gasteiger partial charge on any atom is -0.330 e. The van der Waals surface area contributed by atoms with E-state index in [0.29, 0.717) is 5.82 Å². The van der Waals surface area contributed by atoms with E-state index in [4.69, 9.17) is 0 Å². The van der Waals surface area contributed by atoms with Crippen LogP contribution in [0.1, 0.15) is 24.4 Å². The molecule has 0 radical (unpaired) electrons. The molecule has 0 spiro atoms. The van der Waals surface area contributed by atoms with Crippen LogP contribution in [-0.4, -0.2) is 30.8 Å². The van der Waals surface area contributed by atoms with Gasteiger partial charge < -0.3 is 5.32 Å². The van der Waals surface area contributed by atoms with Gasteiger partial charge in [-0.15, -0.1) is 0 Å². The molecule has 8 heteroatoms. The summed E-state index contributed by atoms with van der Waals surface area (Å²) in [5.41, 5.74) is 3.45. The van der Waals surface area contributed by atoms with Gasteiger partial charge in [0, 0.05) is 23.5 Å². The highest BCUT2D eigenvalue weighted by Crippen LogP contribution is 2.20. The topological polar surface area (TPSA) is 97.6 Å². The first-order chi connectivity index (χ1) is 13.6. The summed E-state index contributed by atoms with van der Waals surface area (Å²) in [4.78, 5) is 25.1. The molecule has 4 rings (SSSR count). The summed E-state index contributed by atoms with van der Waals surface area (Å²) in [7, 11) is 0. The second-order valence-corrected chi connectivity index (χ2v) is 6.41. The Morgan fingerprint density at radius 1 is 1.07 bits per heavy atom. The van der Waals surface area contributed by atoms with Crippen LogP contribution < -0.4 is 10.6 Å². The Balaban J connectivity index is 1.50. The minimum absolute atomic E-state index is 0.220. The van der Waals surface area contributed by atoms with Gasteiger partial charge in [-0.25, -0.2) is 14.5 Å². The highest BCUT2D eigenvalue weighted by molar-refractivity contribution is 5.91. The maximum Gasteiger partial charge on any atom is 0.320 e. The molecule has 0 aromatic carbocycles. The van der Waals surface area contributed by atoms with Crippen LogP contribution in [0.4, 0.5) is 10.6 Å². The summed E-state index contributed by atoms with van der Waals surface area (Å²) in [6.45, 7) is 3.80. The van der Waals surface area contributed by atoms with Gasteiger partial charge in [0.1, 0.15) is 5.82 Å². The second-order valence-electron chi connectivity index (χ2n) is 6.41. The van der Waals surface area contributed by atoms with Crippen molar-refractivity contribution in [2.45, 2.75) is 19.9 Å². The number of fused-ring (bicyclic) bond motifs is 1. The molecule has 0 fully saturated rings. The van der Waals surface area contributed by atoms with Crippen molar-refractivity contribution < 1.29 is 4.79 Å². The highest BCUT2D eigenvalue weighted by Gasteiger charge is 2.12. The Kier molecular flexibility index (Phi) is 4.67. The number of anilines is 1. The van der Waals surface area contributed by atoms with Crippen molar-refractivity contribution in [1.29, 1.82) is 0 Å². The molecule has 1 atom stereocenters. The van der Waals surface area contributed by atoms with Crippen LogP contribution in [-0.2, 0) is 0 Å². The fraction of sp³-hybridized carbons (Fsp3) is 0.150. The van der Waals surface area contributed by atoms with Crippen molar-refractivity contribution in [3.05, 3.63) is 72.6 Å². The van der Waals surface area contributed by atoms with Crippen LogP contribution in [0.3, 0.4) is 0 Å². The van der Waals surface area contributed by atoms with Gasteiger partial charge in [-0.1, -0.05) is 6.07 Å². The van der Waals surface area contributed by atoms with E-state index < -0.39 is 0 Å². The van der Waals surface area contributed by atoms with Gasteiger partial charge in [-0.2, -0.15) is 5.10 Å². The molecule has 0 aliphatic heterocycles. The number of urea groups is 1. The smallest absolute Gasteiger partial charge is 0.320 e. The second kappa shape index (κ2) is 7.43. The Hall–Kier alpha value is -3.81. The summed E-state index contributed by atoms with van der Waals surface area (Å²) >= 11 is 0. The van der Waals surface area contributed by atoms with E-state index in [0.717, 1.165) is 28.0 Å². The number of nitrogens with zero attached hydrogens (tertiary/aromatic N) is 5. The van der Waals surface area contributed by atoms with Crippen molar-refractivity contribution in [1.82, 2.24) is 30.0 Å². The molecule has 4 aromatic heterocycles. The molecule has 140 valence electrons. The summed E-state index contributed by atoms with van der Waals surface area (Å²) in [5, 5.41) is 10.9. The Morgan fingerprint density at radius 2 is 1.96 bits per heavy atom. The van der Waals surface area contributed by atoms with Gasteiger partial charge in [0.25, 0.3) is 0 Å². The summed E-state index contributed by atoms with van der Waals surface area (Å²) in [6, 6.07) is 10.6. The zero-order chi connectivity index (χ0) is 19.5. The predicted octanol–water partition coefficient (Wildman–Crippen LogP) is 3.40. The molecule has 2 amide bonds. The van der Waals surface area contributed by atoms with E-state index in [2.05, 4.69) is 30.7 Å². The predicted molar refractivity (Wildman–Crippen MR) is 106 cm³/mol. The number of aromatic nitrogens is 5. The van der Waals surface area contributed by atoms with Gasteiger partial charge in [-0.3, -0.25) is 15.3 Å². The Labute approximate surface area is 161 Å². The standard InChI is InChI=1S/C20H19N7O/c1-13-9-16(6-8-21-13)27-18-12-23-19(10-15(18)11-24-27)26-20(28)25-14(2)17-5-3-4-7-22-17/h3-12,14H,1-2H3,(H2,23,25,26,28)/t14-/m0/s1. The molecule has 4 heterocycles. The fourth-order valence-electron chi connectivity index (χ4n) is 2.92. The third-order valence-corrected chi connectivity index (χ3v) is 4.30. The van der Waals surface area contributed by atoms with Crippen LogP contribution in [0.2, 0.25) is 0 Å². The van der Waals surface area contributed by atoms with E-state index in [9.17, 15) is 4.79 Å². The zero-order valence-corrected chi connectivity index (χ0v) is 15.5. The molecule has 0 aliphatic rings. The first-order valence-corrected chi connectivity index (χ1v) is 8.85. The molecule has 0 saturated carbocycles. The van der Waals surface area contributed by atoms with Crippen molar-refractivity contribution >= 4 is 22.8 Å². The van der Waals surface area contributed by atoms with Crippen LogP contribution in [0.15, 0.2) is 61.2 Å². The maximum absolute atomic E-state index is 12.3. The zero-order valence-electron chi connectivity index (χ0n) is 15.5. The lowest BCUT2D eigenvalue weighted by Gasteiger charge is -2.13. The third-order valence-electron chi connectivity index (χ3n) is 4.30. The largest absolute Gasteiger partial charge is 0.330 e. The third kappa shape index (κ3) is 3.66. The normalized spacial score (nSPS) is 11.9. The summed E-state index contributed by atoms with van der Waals surface area (Å²) in [5.74, 6) is 0.448. The van der Waals surface area contributed by atoms with Crippen molar-refractivity contribution in [3.63, 3.8) is 0 Å². The number of hydrogen-bond donors (Lipinski definition) is 2. The van der Waals surface area contributed by atoms with Crippen molar-refractivity contribution in [2.24, 2.45) is 0 Å². The maximum atomic E-state index is 12.3. The quantitative estimate of drug-likeness (QED) is 0.571. The molecule has 4 aromatic rings.